The molecule has 0 spiro atoms. The molecule has 0 aliphatic heterocycles. The van der Waals surface area contributed by atoms with E-state index in [9.17, 15) is 14.0 Å². The van der Waals surface area contributed by atoms with Crippen molar-refractivity contribution in [2.75, 3.05) is 5.73 Å². The third-order valence-electron chi connectivity index (χ3n) is 3.20. The smallest absolute Gasteiger partial charge is 0.145 e. The van der Waals surface area contributed by atoms with Crippen LogP contribution in [-0.4, -0.2) is 9.78 Å². The minimum absolute atomic E-state index is 0.104. The number of rotatable bonds is 2. The standard InChI is InChI=1S/C16H10F2N4/c17-11-6-4-10(5-7-11)15-14(9-19)16(20)22(21-15)13-3-1-2-12(18)8-13/h1-8H,20H2. The molecule has 0 amide bonds. The summed E-state index contributed by atoms with van der Waals surface area (Å²) in [6.07, 6.45) is 0. The predicted octanol–water partition coefficient (Wildman–Crippen LogP) is 3.27. The topological polar surface area (TPSA) is 67.6 Å². The van der Waals surface area contributed by atoms with Crippen molar-refractivity contribution in [3.8, 4) is 23.0 Å². The first kappa shape index (κ1) is 13.8. The molecule has 0 aliphatic rings. The van der Waals surface area contributed by atoms with Gasteiger partial charge in [0.05, 0.1) is 5.69 Å². The lowest BCUT2D eigenvalue weighted by Crippen LogP contribution is -2.02. The van der Waals surface area contributed by atoms with Gasteiger partial charge in [-0.1, -0.05) is 6.07 Å². The summed E-state index contributed by atoms with van der Waals surface area (Å²) in [6.45, 7) is 0. The van der Waals surface area contributed by atoms with Gasteiger partial charge in [-0.05, 0) is 42.5 Å². The van der Waals surface area contributed by atoms with E-state index in [1.54, 1.807) is 6.07 Å². The quantitative estimate of drug-likeness (QED) is 0.789. The lowest BCUT2D eigenvalue weighted by atomic mass is 10.1. The molecule has 1 heterocycles. The van der Waals surface area contributed by atoms with Crippen LogP contribution in [0.1, 0.15) is 5.56 Å². The first-order chi connectivity index (χ1) is 10.6. The Morgan fingerprint density at radius 1 is 1.05 bits per heavy atom. The molecule has 0 saturated carbocycles. The van der Waals surface area contributed by atoms with Gasteiger partial charge < -0.3 is 5.73 Å². The summed E-state index contributed by atoms with van der Waals surface area (Å²) in [5.41, 5.74) is 7.39. The Bertz CT molecular complexity index is 876. The molecule has 0 unspecified atom stereocenters. The van der Waals surface area contributed by atoms with E-state index < -0.39 is 5.82 Å². The molecule has 3 aromatic rings. The number of benzene rings is 2. The van der Waals surface area contributed by atoms with Crippen molar-refractivity contribution in [3.05, 3.63) is 65.7 Å². The third-order valence-corrected chi connectivity index (χ3v) is 3.20. The average Bonchev–Trinajstić information content (AvgIpc) is 2.85. The SMILES string of the molecule is N#Cc1c(-c2ccc(F)cc2)nn(-c2cccc(F)c2)c1N. The van der Waals surface area contributed by atoms with Gasteiger partial charge in [0.2, 0.25) is 0 Å². The van der Waals surface area contributed by atoms with Crippen molar-refractivity contribution >= 4 is 5.82 Å². The highest BCUT2D eigenvalue weighted by Gasteiger charge is 2.18. The van der Waals surface area contributed by atoms with Crippen molar-refractivity contribution in [3.63, 3.8) is 0 Å². The molecule has 2 aromatic carbocycles. The van der Waals surface area contributed by atoms with E-state index in [0.29, 0.717) is 16.9 Å². The lowest BCUT2D eigenvalue weighted by molar-refractivity contribution is 0.625. The number of hydrogen-bond acceptors (Lipinski definition) is 3. The summed E-state index contributed by atoms with van der Waals surface area (Å²) >= 11 is 0. The number of halogens is 2. The van der Waals surface area contributed by atoms with Gasteiger partial charge >= 0.3 is 0 Å². The number of hydrogen-bond donors (Lipinski definition) is 1. The maximum absolute atomic E-state index is 13.4. The summed E-state index contributed by atoms with van der Waals surface area (Å²) in [5.74, 6) is -0.721. The van der Waals surface area contributed by atoms with E-state index in [1.165, 1.54) is 47.1 Å². The molecule has 3 rings (SSSR count). The molecule has 0 fully saturated rings. The third kappa shape index (κ3) is 2.29. The van der Waals surface area contributed by atoms with Gasteiger partial charge in [0, 0.05) is 5.56 Å². The fraction of sp³-hybridized carbons (Fsp3) is 0. The molecular weight excluding hydrogens is 286 g/mol. The molecular formula is C16H10F2N4. The normalized spacial score (nSPS) is 10.4. The van der Waals surface area contributed by atoms with Crippen LogP contribution in [-0.2, 0) is 0 Å². The van der Waals surface area contributed by atoms with Gasteiger partial charge in [0.1, 0.15) is 34.8 Å². The Labute approximate surface area is 125 Å². The number of nitrogen functional groups attached to an aromatic ring is 1. The summed E-state index contributed by atoms with van der Waals surface area (Å²) in [6, 6.07) is 13.3. The molecule has 0 radical (unpaired) electrons. The summed E-state index contributed by atoms with van der Waals surface area (Å²) in [4.78, 5) is 0. The maximum Gasteiger partial charge on any atom is 0.145 e. The number of nitriles is 1. The van der Waals surface area contributed by atoms with E-state index in [4.69, 9.17) is 5.73 Å². The largest absolute Gasteiger partial charge is 0.382 e. The van der Waals surface area contributed by atoms with E-state index in [-0.39, 0.29) is 17.2 Å². The first-order valence-electron chi connectivity index (χ1n) is 6.40. The molecule has 0 aliphatic carbocycles. The van der Waals surface area contributed by atoms with Crippen molar-refractivity contribution in [2.45, 2.75) is 0 Å². The zero-order valence-corrected chi connectivity index (χ0v) is 11.3. The zero-order chi connectivity index (χ0) is 15.7. The Morgan fingerprint density at radius 3 is 2.41 bits per heavy atom. The van der Waals surface area contributed by atoms with Crippen molar-refractivity contribution in [2.24, 2.45) is 0 Å². The minimum Gasteiger partial charge on any atom is -0.382 e. The van der Waals surface area contributed by atoms with Gasteiger partial charge in [-0.3, -0.25) is 0 Å². The fourth-order valence-corrected chi connectivity index (χ4v) is 2.16. The van der Waals surface area contributed by atoms with Crippen LogP contribution in [0.3, 0.4) is 0 Å². The highest BCUT2D eigenvalue weighted by Crippen LogP contribution is 2.28. The van der Waals surface area contributed by atoms with Gasteiger partial charge in [0.15, 0.2) is 0 Å². The second-order valence-corrected chi connectivity index (χ2v) is 4.62. The Morgan fingerprint density at radius 2 is 1.77 bits per heavy atom. The van der Waals surface area contributed by atoms with Gasteiger partial charge in [0.25, 0.3) is 0 Å². The highest BCUT2D eigenvalue weighted by atomic mass is 19.1. The van der Waals surface area contributed by atoms with Crippen molar-refractivity contribution in [1.82, 2.24) is 9.78 Å². The second kappa shape index (κ2) is 5.30. The predicted molar refractivity (Wildman–Crippen MR) is 78.0 cm³/mol. The maximum atomic E-state index is 13.4. The van der Waals surface area contributed by atoms with Gasteiger partial charge in [-0.2, -0.15) is 10.4 Å². The Kier molecular flexibility index (Phi) is 3.31. The van der Waals surface area contributed by atoms with E-state index in [2.05, 4.69) is 5.10 Å². The number of aromatic nitrogens is 2. The van der Waals surface area contributed by atoms with E-state index >= 15 is 0 Å². The highest BCUT2D eigenvalue weighted by molar-refractivity contribution is 5.73. The van der Waals surface area contributed by atoms with Crippen molar-refractivity contribution < 1.29 is 8.78 Å². The molecule has 4 nitrogen and oxygen atoms in total. The van der Waals surface area contributed by atoms with Crippen LogP contribution >= 0.6 is 0 Å². The molecule has 6 heteroatoms. The molecule has 108 valence electrons. The fourth-order valence-electron chi connectivity index (χ4n) is 2.16. The van der Waals surface area contributed by atoms with Crippen LogP contribution in [0.4, 0.5) is 14.6 Å². The molecule has 22 heavy (non-hydrogen) atoms. The summed E-state index contributed by atoms with van der Waals surface area (Å²) < 4.78 is 27.7. The number of anilines is 1. The first-order valence-corrected chi connectivity index (χ1v) is 6.40. The number of nitrogens with zero attached hydrogens (tertiary/aromatic N) is 3. The monoisotopic (exact) mass is 296 g/mol. The summed E-state index contributed by atoms with van der Waals surface area (Å²) in [5, 5.41) is 13.6. The second-order valence-electron chi connectivity index (χ2n) is 4.62. The molecule has 2 N–H and O–H groups in total. The molecule has 1 aromatic heterocycles. The number of nitrogens with two attached hydrogens (primary N) is 1. The van der Waals surface area contributed by atoms with Crippen LogP contribution < -0.4 is 5.73 Å². The molecule has 0 saturated heterocycles. The van der Waals surface area contributed by atoms with Crippen molar-refractivity contribution in [1.29, 1.82) is 5.26 Å². The van der Waals surface area contributed by atoms with Crippen LogP contribution in [0.15, 0.2) is 48.5 Å². The Balaban J connectivity index is 2.19. The van der Waals surface area contributed by atoms with Gasteiger partial charge in [-0.25, -0.2) is 13.5 Å². The average molecular weight is 296 g/mol. The van der Waals surface area contributed by atoms with Crippen LogP contribution in [0, 0.1) is 23.0 Å². The van der Waals surface area contributed by atoms with E-state index in [0.717, 1.165) is 0 Å². The summed E-state index contributed by atoms with van der Waals surface area (Å²) in [7, 11) is 0. The van der Waals surface area contributed by atoms with E-state index in [1.807, 2.05) is 6.07 Å². The zero-order valence-electron chi connectivity index (χ0n) is 11.3. The minimum atomic E-state index is -0.436. The lowest BCUT2D eigenvalue weighted by Gasteiger charge is -2.03. The molecule has 0 atom stereocenters. The Hall–Kier alpha value is -3.20. The van der Waals surface area contributed by atoms with Crippen LogP contribution in [0.2, 0.25) is 0 Å². The van der Waals surface area contributed by atoms with Gasteiger partial charge in [-0.15, -0.1) is 0 Å². The van der Waals surface area contributed by atoms with Crippen LogP contribution in [0.25, 0.3) is 16.9 Å². The molecule has 0 bridgehead atoms. The van der Waals surface area contributed by atoms with Crippen LogP contribution in [0.5, 0.6) is 0 Å².